The van der Waals surface area contributed by atoms with E-state index in [1.54, 1.807) is 0 Å². The van der Waals surface area contributed by atoms with Crippen molar-refractivity contribution in [3.8, 4) is 0 Å². The zero-order chi connectivity index (χ0) is 15.6. The van der Waals surface area contributed by atoms with E-state index in [1.165, 1.54) is 0 Å². The lowest BCUT2D eigenvalue weighted by Gasteiger charge is -2.08. The van der Waals surface area contributed by atoms with Gasteiger partial charge >= 0.3 is 0 Å². The lowest BCUT2D eigenvalue weighted by molar-refractivity contribution is 1.46. The zero-order valence-corrected chi connectivity index (χ0v) is 22.2. The molecular weight excluding hydrogens is 797 g/mol. The van der Waals surface area contributed by atoms with Crippen molar-refractivity contribution >= 4 is 149 Å². The van der Waals surface area contributed by atoms with Crippen LogP contribution in [0.25, 0.3) is 21.8 Å². The number of H-pyrrole nitrogens is 1. The van der Waals surface area contributed by atoms with Gasteiger partial charge in [-0.25, -0.2) is 0 Å². The van der Waals surface area contributed by atoms with E-state index >= 15 is 0 Å². The van der Waals surface area contributed by atoms with Gasteiger partial charge in [-0.3, -0.25) is 0 Å². The Morgan fingerprint density at radius 1 is 0.381 bits per heavy atom. The molecule has 1 aromatic heterocycles. The maximum atomic E-state index is 3.69. The highest BCUT2D eigenvalue weighted by molar-refractivity contribution is 9.15. The van der Waals surface area contributed by atoms with Crippen molar-refractivity contribution in [2.24, 2.45) is 0 Å². The number of fused-ring (bicyclic) bond motifs is 3. The fourth-order valence-corrected chi connectivity index (χ4v) is 6.92. The van der Waals surface area contributed by atoms with Crippen LogP contribution >= 0.6 is 127 Å². The van der Waals surface area contributed by atoms with Gasteiger partial charge in [-0.2, -0.15) is 0 Å². The summed E-state index contributed by atoms with van der Waals surface area (Å²) < 4.78 is 7.75. The summed E-state index contributed by atoms with van der Waals surface area (Å²) >= 11 is 29.1. The van der Waals surface area contributed by atoms with Crippen LogP contribution < -0.4 is 0 Å². The van der Waals surface area contributed by atoms with Crippen LogP contribution in [-0.4, -0.2) is 4.98 Å². The Balaban J connectivity index is 2.73. The minimum absolute atomic E-state index is 0.957. The molecule has 0 saturated heterocycles. The molecular formula is C12HBr8N. The number of aromatic amines is 1. The first kappa shape index (κ1) is 17.9. The summed E-state index contributed by atoms with van der Waals surface area (Å²) in [7, 11) is 0. The van der Waals surface area contributed by atoms with Crippen molar-refractivity contribution in [3.05, 3.63) is 35.8 Å². The van der Waals surface area contributed by atoms with Crippen molar-refractivity contribution in [2.75, 3.05) is 0 Å². The fourth-order valence-electron chi connectivity index (χ4n) is 2.09. The Bertz CT molecular complexity index is 853. The molecule has 3 aromatic rings. The molecule has 0 aliphatic heterocycles. The third-order valence-corrected chi connectivity index (χ3v) is 12.6. The van der Waals surface area contributed by atoms with Crippen LogP contribution in [0.3, 0.4) is 0 Å². The minimum Gasteiger partial charge on any atom is -0.353 e. The van der Waals surface area contributed by atoms with E-state index in [4.69, 9.17) is 0 Å². The van der Waals surface area contributed by atoms with Crippen molar-refractivity contribution in [1.29, 1.82) is 0 Å². The first-order valence-corrected chi connectivity index (χ1v) is 11.6. The number of benzene rings is 2. The van der Waals surface area contributed by atoms with Gasteiger partial charge in [0, 0.05) is 37.6 Å². The summed E-state index contributed by atoms with van der Waals surface area (Å²) in [4.78, 5) is 3.48. The number of nitrogens with one attached hydrogen (secondary N) is 1. The molecule has 3 rings (SSSR count). The quantitative estimate of drug-likeness (QED) is 0.173. The van der Waals surface area contributed by atoms with Gasteiger partial charge in [-0.05, 0) is 127 Å². The van der Waals surface area contributed by atoms with E-state index in [-0.39, 0.29) is 0 Å². The molecule has 1 heterocycles. The molecule has 0 aliphatic rings. The molecule has 1 N–H and O–H groups in total. The van der Waals surface area contributed by atoms with E-state index in [2.05, 4.69) is 132 Å². The summed E-state index contributed by atoms with van der Waals surface area (Å²) in [5, 5.41) is 2.18. The topological polar surface area (TPSA) is 15.8 Å². The highest BCUT2D eigenvalue weighted by Gasteiger charge is 2.23. The average molecular weight is 798 g/mol. The maximum Gasteiger partial charge on any atom is 0.0633 e. The number of hydrogen-bond donors (Lipinski definition) is 1. The zero-order valence-electron chi connectivity index (χ0n) is 9.52. The van der Waals surface area contributed by atoms with Crippen LogP contribution in [0.2, 0.25) is 0 Å². The molecule has 2 aromatic carbocycles. The molecule has 0 spiro atoms. The molecule has 0 aliphatic carbocycles. The van der Waals surface area contributed by atoms with Gasteiger partial charge in [0.25, 0.3) is 0 Å². The first-order valence-electron chi connectivity index (χ1n) is 5.26. The standard InChI is InChI=1S/C12HBr8N/c13-3-1-2-4(14)6(16)8(18)10(20)12(2)21-11(1)9(19)7(17)5(3)15/h21H. The lowest BCUT2D eigenvalue weighted by atomic mass is 10.1. The summed E-state index contributed by atoms with van der Waals surface area (Å²) in [6.45, 7) is 0. The van der Waals surface area contributed by atoms with Crippen LogP contribution in [0.4, 0.5) is 0 Å². The van der Waals surface area contributed by atoms with Gasteiger partial charge < -0.3 is 4.98 Å². The summed E-state index contributed by atoms with van der Waals surface area (Å²) in [5.74, 6) is 0. The third-order valence-electron chi connectivity index (χ3n) is 3.03. The van der Waals surface area contributed by atoms with Crippen molar-refractivity contribution in [3.63, 3.8) is 0 Å². The second-order valence-electron chi connectivity index (χ2n) is 4.14. The number of rotatable bonds is 0. The van der Waals surface area contributed by atoms with Crippen LogP contribution in [0.5, 0.6) is 0 Å². The van der Waals surface area contributed by atoms with Gasteiger partial charge in [-0.15, -0.1) is 0 Å². The van der Waals surface area contributed by atoms with Crippen molar-refractivity contribution in [2.45, 2.75) is 0 Å². The number of hydrogen-bond acceptors (Lipinski definition) is 0. The highest BCUT2D eigenvalue weighted by atomic mass is 79.9. The van der Waals surface area contributed by atoms with Crippen LogP contribution in [0.1, 0.15) is 0 Å². The number of halogens is 8. The van der Waals surface area contributed by atoms with Gasteiger partial charge in [0.1, 0.15) is 0 Å². The normalized spacial score (nSPS) is 11.8. The van der Waals surface area contributed by atoms with Crippen LogP contribution in [0, 0.1) is 0 Å². The predicted octanol–water partition coefficient (Wildman–Crippen LogP) is 9.42. The average Bonchev–Trinajstić information content (AvgIpc) is 2.87. The van der Waals surface area contributed by atoms with Gasteiger partial charge in [0.2, 0.25) is 0 Å². The van der Waals surface area contributed by atoms with Gasteiger partial charge in [0.15, 0.2) is 0 Å². The second kappa shape index (κ2) is 6.42. The molecule has 0 saturated carbocycles. The fraction of sp³-hybridized carbons (Fsp3) is 0. The molecule has 0 unspecified atom stereocenters. The lowest BCUT2D eigenvalue weighted by Crippen LogP contribution is -1.81. The molecule has 9 heteroatoms. The molecule has 0 radical (unpaired) electrons. The van der Waals surface area contributed by atoms with Crippen LogP contribution in [-0.2, 0) is 0 Å². The molecule has 0 amide bonds. The Morgan fingerprint density at radius 3 is 1.00 bits per heavy atom. The Kier molecular flexibility index (Phi) is 5.47. The Morgan fingerprint density at radius 2 is 0.667 bits per heavy atom. The summed E-state index contributed by atoms with van der Waals surface area (Å²) in [6, 6.07) is 0. The van der Waals surface area contributed by atoms with E-state index in [1.807, 2.05) is 0 Å². The van der Waals surface area contributed by atoms with Crippen LogP contribution in [0.15, 0.2) is 35.8 Å². The van der Waals surface area contributed by atoms with Gasteiger partial charge in [0.05, 0.1) is 20.0 Å². The summed E-state index contributed by atoms with van der Waals surface area (Å²) in [6.07, 6.45) is 0. The Labute approximate surface area is 187 Å². The molecule has 0 fully saturated rings. The Hall–Kier alpha value is 2.08. The number of aromatic nitrogens is 1. The van der Waals surface area contributed by atoms with E-state index in [0.29, 0.717) is 0 Å². The van der Waals surface area contributed by atoms with Crippen molar-refractivity contribution < 1.29 is 0 Å². The third kappa shape index (κ3) is 2.64. The monoisotopic (exact) mass is 790 g/mol. The predicted molar refractivity (Wildman–Crippen MR) is 117 cm³/mol. The molecule has 0 bridgehead atoms. The molecule has 1 nitrogen and oxygen atoms in total. The largest absolute Gasteiger partial charge is 0.353 e. The summed E-state index contributed by atoms with van der Waals surface area (Å²) in [5.41, 5.74) is 2.02. The first-order chi connectivity index (χ1) is 9.77. The molecule has 110 valence electrons. The van der Waals surface area contributed by atoms with Crippen molar-refractivity contribution in [1.82, 2.24) is 4.98 Å². The highest BCUT2D eigenvalue weighted by Crippen LogP contribution is 2.51. The van der Waals surface area contributed by atoms with E-state index < -0.39 is 0 Å². The molecule has 21 heavy (non-hydrogen) atoms. The van der Waals surface area contributed by atoms with E-state index in [9.17, 15) is 0 Å². The van der Waals surface area contributed by atoms with Gasteiger partial charge in [-0.1, -0.05) is 0 Å². The van der Waals surface area contributed by atoms with E-state index in [0.717, 1.165) is 57.6 Å². The SMILES string of the molecule is Brc1c(Br)c(Br)c2c([nH]c3c(Br)c(Br)c(Br)c(Br)c32)c1Br. The second-order valence-corrected chi connectivity index (χ2v) is 10.5. The molecule has 0 atom stereocenters. The maximum absolute atomic E-state index is 3.69. The smallest absolute Gasteiger partial charge is 0.0633 e. The minimum atomic E-state index is 0.957.